The lowest BCUT2D eigenvalue weighted by atomic mass is 9.87. The van der Waals surface area contributed by atoms with Gasteiger partial charge in [0.25, 0.3) is 0 Å². The van der Waals surface area contributed by atoms with Gasteiger partial charge in [-0.2, -0.15) is 4.98 Å². The van der Waals surface area contributed by atoms with Crippen molar-refractivity contribution in [2.24, 2.45) is 0 Å². The minimum absolute atomic E-state index is 0.0171. The van der Waals surface area contributed by atoms with Gasteiger partial charge in [0.15, 0.2) is 0 Å². The Hall–Kier alpha value is -1.90. The van der Waals surface area contributed by atoms with Gasteiger partial charge in [-0.05, 0) is 25.0 Å². The Labute approximate surface area is 185 Å². The second-order valence-electron chi connectivity index (χ2n) is 9.43. The van der Waals surface area contributed by atoms with E-state index in [0.29, 0.717) is 34.6 Å². The summed E-state index contributed by atoms with van der Waals surface area (Å²) in [4.78, 5) is 15.6. The zero-order valence-electron chi connectivity index (χ0n) is 18.1. The molecule has 30 heavy (non-hydrogen) atoms. The first kappa shape index (κ1) is 21.3. The number of rotatable bonds is 5. The molecule has 0 saturated heterocycles. The zero-order valence-corrected chi connectivity index (χ0v) is 19.9. The lowest BCUT2D eigenvalue weighted by Gasteiger charge is -2.35. The normalized spacial score (nSPS) is 18.3. The van der Waals surface area contributed by atoms with Gasteiger partial charge in [-0.25, -0.2) is 4.98 Å². The number of nitrogen functional groups attached to an aromatic ring is 1. The van der Waals surface area contributed by atoms with Gasteiger partial charge < -0.3 is 19.8 Å². The molecule has 0 saturated carbocycles. The molecule has 7 nitrogen and oxygen atoms in total. The molecule has 2 aromatic rings. The quantitative estimate of drug-likeness (QED) is 0.553. The van der Waals surface area contributed by atoms with Crippen molar-refractivity contribution in [2.75, 3.05) is 23.8 Å². The largest absolute Gasteiger partial charge is 0.493 e. The first-order chi connectivity index (χ1) is 14.0. The molecule has 0 spiro atoms. The summed E-state index contributed by atoms with van der Waals surface area (Å²) in [5.41, 5.74) is 8.58. The van der Waals surface area contributed by atoms with Crippen LogP contribution in [0.2, 0.25) is 10.2 Å². The number of hydrogen-bond acceptors (Lipinski definition) is 7. The standard InChI is InChI=1S/C21H28ClN5O2Si/c1-20(2,3)30-29-21(4,5)13-10-27(18-16(13)17(22)25-19(23)26-18)11-14-12-7-9-28-15(12)6-8-24-14/h6,8,13H,7,9-11H2,1-5H3,(H2,23,25,26). The average Bonchev–Trinajstić information content (AvgIpc) is 3.26. The van der Waals surface area contributed by atoms with Gasteiger partial charge >= 0.3 is 0 Å². The van der Waals surface area contributed by atoms with Gasteiger partial charge in [0.2, 0.25) is 15.7 Å². The highest BCUT2D eigenvalue weighted by Gasteiger charge is 2.43. The van der Waals surface area contributed by atoms with Crippen molar-refractivity contribution >= 4 is 33.1 Å². The van der Waals surface area contributed by atoms with Crippen LogP contribution in [0.25, 0.3) is 0 Å². The first-order valence-electron chi connectivity index (χ1n) is 10.2. The van der Waals surface area contributed by atoms with E-state index in [2.05, 4.69) is 54.5 Å². The van der Waals surface area contributed by atoms with Crippen LogP contribution in [-0.4, -0.2) is 43.5 Å². The molecule has 1 atom stereocenters. The predicted octanol–water partition coefficient (Wildman–Crippen LogP) is 3.78. The van der Waals surface area contributed by atoms with E-state index in [0.717, 1.165) is 29.2 Å². The molecule has 4 heterocycles. The maximum Gasteiger partial charge on any atom is 0.236 e. The van der Waals surface area contributed by atoms with E-state index >= 15 is 0 Å². The summed E-state index contributed by atoms with van der Waals surface area (Å²) in [5.74, 6) is 1.88. The number of fused-ring (bicyclic) bond motifs is 2. The van der Waals surface area contributed by atoms with Crippen LogP contribution in [0.15, 0.2) is 12.3 Å². The van der Waals surface area contributed by atoms with Crippen LogP contribution in [0.1, 0.15) is 57.4 Å². The summed E-state index contributed by atoms with van der Waals surface area (Å²) in [6.07, 6.45) is 2.67. The highest BCUT2D eigenvalue weighted by atomic mass is 35.5. The van der Waals surface area contributed by atoms with E-state index in [1.54, 1.807) is 6.20 Å². The maximum atomic E-state index is 6.58. The second-order valence-corrected chi connectivity index (χ2v) is 11.7. The number of nitrogens with two attached hydrogens (primary N) is 1. The predicted molar refractivity (Wildman–Crippen MR) is 119 cm³/mol. The van der Waals surface area contributed by atoms with Crippen LogP contribution >= 0.6 is 11.6 Å². The average molecular weight is 446 g/mol. The van der Waals surface area contributed by atoms with Gasteiger partial charge in [0, 0.05) is 36.2 Å². The smallest absolute Gasteiger partial charge is 0.236 e. The van der Waals surface area contributed by atoms with Crippen LogP contribution in [0.5, 0.6) is 5.75 Å². The zero-order chi connectivity index (χ0) is 21.7. The summed E-state index contributed by atoms with van der Waals surface area (Å²) in [6, 6.07) is 1.92. The molecule has 0 aromatic carbocycles. The summed E-state index contributed by atoms with van der Waals surface area (Å²) in [6.45, 7) is 12.8. The molecule has 2 aliphatic rings. The molecule has 0 bridgehead atoms. The van der Waals surface area contributed by atoms with Crippen LogP contribution in [0.4, 0.5) is 11.8 Å². The van der Waals surface area contributed by atoms with E-state index in [4.69, 9.17) is 26.5 Å². The molecule has 160 valence electrons. The molecule has 0 amide bonds. The maximum absolute atomic E-state index is 6.58. The molecule has 1 unspecified atom stereocenters. The minimum Gasteiger partial charge on any atom is -0.493 e. The number of nitrogens with zero attached hydrogens (tertiary/aromatic N) is 4. The molecule has 2 N–H and O–H groups in total. The number of aromatic nitrogens is 3. The summed E-state index contributed by atoms with van der Waals surface area (Å²) in [5, 5.41) is 0.490. The molecule has 9 heteroatoms. The van der Waals surface area contributed by atoms with Gasteiger partial charge in [-0.1, -0.05) is 32.4 Å². The van der Waals surface area contributed by atoms with Crippen molar-refractivity contribution in [2.45, 2.75) is 64.1 Å². The number of pyridine rings is 1. The lowest BCUT2D eigenvalue weighted by molar-refractivity contribution is 0.0828. The lowest BCUT2D eigenvalue weighted by Crippen LogP contribution is -2.38. The van der Waals surface area contributed by atoms with E-state index < -0.39 is 5.60 Å². The Morgan fingerprint density at radius 3 is 2.80 bits per heavy atom. The molecule has 0 aliphatic carbocycles. The van der Waals surface area contributed by atoms with E-state index in [1.165, 1.54) is 5.56 Å². The molecule has 2 radical (unpaired) electrons. The van der Waals surface area contributed by atoms with E-state index in [9.17, 15) is 0 Å². The fourth-order valence-electron chi connectivity index (χ4n) is 3.95. The molecule has 0 fully saturated rings. The Bertz CT molecular complexity index is 963. The molecule has 4 rings (SSSR count). The van der Waals surface area contributed by atoms with E-state index in [-0.39, 0.29) is 16.9 Å². The van der Waals surface area contributed by atoms with Crippen LogP contribution < -0.4 is 15.4 Å². The number of ether oxygens (including phenoxy) is 1. The fourth-order valence-corrected chi connectivity index (χ4v) is 4.96. The van der Waals surface area contributed by atoms with Gasteiger partial charge in [-0.3, -0.25) is 4.98 Å². The van der Waals surface area contributed by atoms with Crippen molar-refractivity contribution in [3.63, 3.8) is 0 Å². The third-order valence-electron chi connectivity index (χ3n) is 5.46. The molecule has 2 aliphatic heterocycles. The van der Waals surface area contributed by atoms with Crippen molar-refractivity contribution in [1.29, 1.82) is 0 Å². The van der Waals surface area contributed by atoms with Crippen LogP contribution in [0, 0.1) is 0 Å². The second kappa shape index (κ2) is 7.66. The van der Waals surface area contributed by atoms with Gasteiger partial charge in [0.05, 0.1) is 24.4 Å². The highest BCUT2D eigenvalue weighted by Crippen LogP contribution is 2.46. The van der Waals surface area contributed by atoms with Crippen molar-refractivity contribution in [1.82, 2.24) is 15.0 Å². The SMILES string of the molecule is CC(C)(C)[Si]OC(C)(C)C1CN(Cc2nccc3c2CCO3)c2nc(N)nc(Cl)c21. The number of anilines is 2. The van der Waals surface area contributed by atoms with Crippen molar-refractivity contribution in [3.8, 4) is 5.75 Å². The third-order valence-corrected chi connectivity index (χ3v) is 6.99. The van der Waals surface area contributed by atoms with Crippen molar-refractivity contribution in [3.05, 3.63) is 34.2 Å². The Morgan fingerprint density at radius 2 is 2.07 bits per heavy atom. The summed E-state index contributed by atoms with van der Waals surface area (Å²) < 4.78 is 12.1. The minimum atomic E-state index is -0.437. The highest BCUT2D eigenvalue weighted by molar-refractivity contribution is 6.32. The fraction of sp³-hybridized carbons (Fsp3) is 0.571. The molecular formula is C21H28ClN5O2Si. The number of hydrogen-bond donors (Lipinski definition) is 1. The summed E-state index contributed by atoms with van der Waals surface area (Å²) in [7, 11) is 0.365. The monoisotopic (exact) mass is 445 g/mol. The van der Waals surface area contributed by atoms with Crippen LogP contribution in [-0.2, 0) is 17.4 Å². The summed E-state index contributed by atoms with van der Waals surface area (Å²) >= 11 is 6.58. The Morgan fingerprint density at radius 1 is 1.30 bits per heavy atom. The number of halogens is 1. The topological polar surface area (TPSA) is 86.4 Å². The van der Waals surface area contributed by atoms with Crippen molar-refractivity contribution < 1.29 is 9.16 Å². The third kappa shape index (κ3) is 4.13. The van der Waals surface area contributed by atoms with E-state index in [1.807, 2.05) is 6.07 Å². The Balaban J connectivity index is 1.67. The molecular weight excluding hydrogens is 418 g/mol. The van der Waals surface area contributed by atoms with Gasteiger partial charge in [0.1, 0.15) is 16.7 Å². The Kier molecular flexibility index (Phi) is 5.44. The molecule has 2 aromatic heterocycles. The van der Waals surface area contributed by atoms with Gasteiger partial charge in [-0.15, -0.1) is 0 Å². The first-order valence-corrected chi connectivity index (χ1v) is 11.5. The van der Waals surface area contributed by atoms with Crippen LogP contribution in [0.3, 0.4) is 0 Å².